The molecule has 1 N–H and O–H groups in total. The molecule has 166 valence electrons. The molecule has 3 rings (SSSR count). The standard InChI is InChI=1S/C24H22BrClN2O4/c1-3-31-22-12-16(14-27-28-24(29)17-8-6-9-19(13-17)30-2)11-20(25)23(22)32-15-18-7-4-5-10-21(18)26/h4-14H,3,15H2,1-2H3,(H,28,29)/b27-14+. The predicted molar refractivity (Wildman–Crippen MR) is 129 cm³/mol. The largest absolute Gasteiger partial charge is 0.497 e. The second kappa shape index (κ2) is 11.5. The molecule has 0 atom stereocenters. The van der Waals surface area contributed by atoms with E-state index in [-0.39, 0.29) is 5.91 Å². The van der Waals surface area contributed by atoms with Crippen LogP contribution in [-0.4, -0.2) is 25.8 Å². The summed E-state index contributed by atoms with van der Waals surface area (Å²) in [5.41, 5.74) is 4.54. The molecule has 0 heterocycles. The van der Waals surface area contributed by atoms with Gasteiger partial charge in [-0.05, 0) is 64.8 Å². The van der Waals surface area contributed by atoms with Gasteiger partial charge in [-0.1, -0.05) is 35.9 Å². The van der Waals surface area contributed by atoms with E-state index in [1.54, 1.807) is 37.4 Å². The van der Waals surface area contributed by atoms with Crippen LogP contribution in [0.2, 0.25) is 5.02 Å². The van der Waals surface area contributed by atoms with E-state index in [0.717, 1.165) is 11.1 Å². The second-order valence-electron chi connectivity index (χ2n) is 6.57. The van der Waals surface area contributed by atoms with Crippen molar-refractivity contribution in [2.24, 2.45) is 5.10 Å². The zero-order valence-electron chi connectivity index (χ0n) is 17.6. The van der Waals surface area contributed by atoms with Crippen LogP contribution in [0.5, 0.6) is 17.2 Å². The van der Waals surface area contributed by atoms with Crippen LogP contribution in [0.4, 0.5) is 0 Å². The fraction of sp³-hybridized carbons (Fsp3) is 0.167. The maximum atomic E-state index is 12.3. The number of halogens is 2. The molecule has 0 aliphatic rings. The summed E-state index contributed by atoms with van der Waals surface area (Å²) in [5.74, 6) is 1.36. The van der Waals surface area contributed by atoms with Crippen LogP contribution in [0, 0.1) is 0 Å². The Bertz CT molecular complexity index is 1120. The molecule has 0 radical (unpaired) electrons. The topological polar surface area (TPSA) is 69.2 Å². The van der Waals surface area contributed by atoms with Crippen LogP contribution in [0.1, 0.15) is 28.4 Å². The van der Waals surface area contributed by atoms with Gasteiger partial charge < -0.3 is 14.2 Å². The molecule has 8 heteroatoms. The lowest BCUT2D eigenvalue weighted by atomic mass is 10.2. The Hall–Kier alpha value is -3.03. The van der Waals surface area contributed by atoms with E-state index in [1.807, 2.05) is 37.3 Å². The Balaban J connectivity index is 1.73. The third-order valence-corrected chi connectivity index (χ3v) is 5.33. The third-order valence-electron chi connectivity index (χ3n) is 4.37. The zero-order chi connectivity index (χ0) is 22.9. The molecule has 0 aliphatic carbocycles. The molecule has 3 aromatic carbocycles. The Morgan fingerprint density at radius 1 is 1.12 bits per heavy atom. The first kappa shape index (κ1) is 23.6. The molecule has 0 bridgehead atoms. The monoisotopic (exact) mass is 516 g/mol. The van der Waals surface area contributed by atoms with E-state index in [9.17, 15) is 4.79 Å². The minimum absolute atomic E-state index is 0.294. The summed E-state index contributed by atoms with van der Waals surface area (Å²) in [4.78, 5) is 12.3. The quantitative estimate of drug-likeness (QED) is 0.285. The molecule has 0 aliphatic heterocycles. The zero-order valence-corrected chi connectivity index (χ0v) is 19.9. The highest BCUT2D eigenvalue weighted by Gasteiger charge is 2.13. The number of hydrogen-bond donors (Lipinski definition) is 1. The van der Waals surface area contributed by atoms with Gasteiger partial charge in [0.2, 0.25) is 0 Å². The fourth-order valence-corrected chi connectivity index (χ4v) is 3.59. The molecular weight excluding hydrogens is 496 g/mol. The summed E-state index contributed by atoms with van der Waals surface area (Å²) < 4.78 is 17.6. The highest BCUT2D eigenvalue weighted by molar-refractivity contribution is 9.10. The van der Waals surface area contributed by atoms with E-state index in [1.165, 1.54) is 6.21 Å². The summed E-state index contributed by atoms with van der Waals surface area (Å²) >= 11 is 9.75. The minimum Gasteiger partial charge on any atom is -0.497 e. The summed E-state index contributed by atoms with van der Waals surface area (Å²) in [6.45, 7) is 2.64. The normalized spacial score (nSPS) is 10.8. The van der Waals surface area contributed by atoms with Crippen LogP contribution in [0.15, 0.2) is 70.2 Å². The molecule has 0 unspecified atom stereocenters. The maximum Gasteiger partial charge on any atom is 0.271 e. The van der Waals surface area contributed by atoms with Gasteiger partial charge in [0, 0.05) is 16.1 Å². The highest BCUT2D eigenvalue weighted by Crippen LogP contribution is 2.37. The van der Waals surface area contributed by atoms with Crippen molar-refractivity contribution >= 4 is 39.7 Å². The number of hydrazone groups is 1. The van der Waals surface area contributed by atoms with Gasteiger partial charge in [0.15, 0.2) is 11.5 Å². The lowest BCUT2D eigenvalue weighted by Crippen LogP contribution is -2.17. The van der Waals surface area contributed by atoms with E-state index < -0.39 is 0 Å². The summed E-state index contributed by atoms with van der Waals surface area (Å²) in [7, 11) is 1.55. The van der Waals surface area contributed by atoms with E-state index in [0.29, 0.717) is 45.5 Å². The van der Waals surface area contributed by atoms with Gasteiger partial charge in [-0.2, -0.15) is 5.10 Å². The van der Waals surface area contributed by atoms with Crippen LogP contribution in [0.3, 0.4) is 0 Å². The van der Waals surface area contributed by atoms with Crippen molar-refractivity contribution in [1.82, 2.24) is 5.43 Å². The average Bonchev–Trinajstić information content (AvgIpc) is 2.80. The molecule has 1 amide bonds. The summed E-state index contributed by atoms with van der Waals surface area (Å²) in [5, 5.41) is 4.69. The van der Waals surface area contributed by atoms with Crippen LogP contribution in [0.25, 0.3) is 0 Å². The minimum atomic E-state index is -0.344. The fourth-order valence-electron chi connectivity index (χ4n) is 2.83. The number of rotatable bonds is 9. The average molecular weight is 518 g/mol. The van der Waals surface area contributed by atoms with Crippen LogP contribution >= 0.6 is 27.5 Å². The number of carbonyl (C=O) groups excluding carboxylic acids is 1. The van der Waals surface area contributed by atoms with Crippen molar-refractivity contribution < 1.29 is 19.0 Å². The summed E-state index contributed by atoms with van der Waals surface area (Å²) in [6.07, 6.45) is 1.53. The molecule has 6 nitrogen and oxygen atoms in total. The molecule has 0 saturated heterocycles. The Kier molecular flexibility index (Phi) is 8.53. The van der Waals surface area contributed by atoms with Crippen molar-refractivity contribution in [2.75, 3.05) is 13.7 Å². The van der Waals surface area contributed by atoms with E-state index in [2.05, 4.69) is 26.5 Å². The van der Waals surface area contributed by atoms with Gasteiger partial charge in [-0.15, -0.1) is 0 Å². The first-order valence-corrected chi connectivity index (χ1v) is 11.0. The smallest absolute Gasteiger partial charge is 0.271 e. The molecule has 0 aromatic heterocycles. The van der Waals surface area contributed by atoms with Crippen molar-refractivity contribution in [1.29, 1.82) is 0 Å². The summed E-state index contributed by atoms with van der Waals surface area (Å²) in [6, 6.07) is 17.9. The highest BCUT2D eigenvalue weighted by atomic mass is 79.9. The van der Waals surface area contributed by atoms with Crippen molar-refractivity contribution in [3.8, 4) is 17.2 Å². The molecule has 32 heavy (non-hydrogen) atoms. The van der Waals surface area contributed by atoms with Crippen molar-refractivity contribution in [3.63, 3.8) is 0 Å². The number of methoxy groups -OCH3 is 1. The number of benzene rings is 3. The Labute approximate surface area is 200 Å². The van der Waals surface area contributed by atoms with Gasteiger partial charge in [0.05, 0.1) is 24.4 Å². The van der Waals surface area contributed by atoms with Crippen LogP contribution < -0.4 is 19.6 Å². The Morgan fingerprint density at radius 3 is 2.69 bits per heavy atom. The van der Waals surface area contributed by atoms with Gasteiger partial charge >= 0.3 is 0 Å². The molecular formula is C24H22BrClN2O4. The van der Waals surface area contributed by atoms with Gasteiger partial charge in [0.25, 0.3) is 5.91 Å². The van der Waals surface area contributed by atoms with Gasteiger partial charge in [-0.3, -0.25) is 4.79 Å². The first-order valence-electron chi connectivity index (χ1n) is 9.81. The number of nitrogens with one attached hydrogen (secondary N) is 1. The van der Waals surface area contributed by atoms with Gasteiger partial charge in [-0.25, -0.2) is 5.43 Å². The SMILES string of the molecule is CCOc1cc(/C=N/NC(=O)c2cccc(OC)c2)cc(Br)c1OCc1ccccc1Cl. The van der Waals surface area contributed by atoms with Crippen molar-refractivity contribution in [2.45, 2.75) is 13.5 Å². The van der Waals surface area contributed by atoms with Crippen LogP contribution in [-0.2, 0) is 6.61 Å². The number of carbonyl (C=O) groups is 1. The molecule has 0 spiro atoms. The van der Waals surface area contributed by atoms with E-state index >= 15 is 0 Å². The Morgan fingerprint density at radius 2 is 1.94 bits per heavy atom. The van der Waals surface area contributed by atoms with Crippen molar-refractivity contribution in [3.05, 3.63) is 86.8 Å². The number of ether oxygens (including phenoxy) is 3. The molecule has 0 fully saturated rings. The van der Waals surface area contributed by atoms with Gasteiger partial charge in [0.1, 0.15) is 12.4 Å². The first-order chi connectivity index (χ1) is 15.5. The molecule has 0 saturated carbocycles. The lowest BCUT2D eigenvalue weighted by molar-refractivity contribution is 0.0955. The number of nitrogens with zero attached hydrogens (tertiary/aromatic N) is 1. The third kappa shape index (κ3) is 6.24. The molecule has 3 aromatic rings. The number of amides is 1. The lowest BCUT2D eigenvalue weighted by Gasteiger charge is -2.15. The van der Waals surface area contributed by atoms with E-state index in [4.69, 9.17) is 25.8 Å². The predicted octanol–water partition coefficient (Wildman–Crippen LogP) is 5.85. The maximum absolute atomic E-state index is 12.3. The number of hydrogen-bond acceptors (Lipinski definition) is 5. The second-order valence-corrected chi connectivity index (χ2v) is 7.84.